The van der Waals surface area contributed by atoms with E-state index in [9.17, 15) is 10.4 Å². The Morgan fingerprint density at radius 1 is 1.13 bits per heavy atom. The van der Waals surface area contributed by atoms with Crippen molar-refractivity contribution in [2.45, 2.75) is 46.3 Å². The third-order valence-electron chi connectivity index (χ3n) is 7.11. The molecule has 1 aromatic heterocycles. The number of hydrogen-bond donors (Lipinski definition) is 1. The summed E-state index contributed by atoms with van der Waals surface area (Å²) in [6.07, 6.45) is 4.46. The molecule has 1 unspecified atom stereocenters. The van der Waals surface area contributed by atoms with Gasteiger partial charge in [0.15, 0.2) is 0 Å². The molecule has 5 rings (SSSR count). The minimum Gasteiger partial charge on any atom is -0.489 e. The molecule has 1 atom stereocenters. The van der Waals surface area contributed by atoms with Crippen molar-refractivity contribution in [1.82, 2.24) is 4.98 Å². The van der Waals surface area contributed by atoms with Gasteiger partial charge in [0.05, 0.1) is 5.52 Å². The highest BCUT2D eigenvalue weighted by atomic mass is 16.5. The lowest BCUT2D eigenvalue weighted by Gasteiger charge is -2.31. The predicted octanol–water partition coefficient (Wildman–Crippen LogP) is 7.09. The minimum absolute atomic E-state index is 0.292. The van der Waals surface area contributed by atoms with E-state index in [1.165, 1.54) is 5.56 Å². The first-order valence-electron chi connectivity index (χ1n) is 13.0. The van der Waals surface area contributed by atoms with E-state index in [0.29, 0.717) is 34.9 Å². The summed E-state index contributed by atoms with van der Waals surface area (Å²) in [4.78, 5) is 9.06. The molecular formula is C33H31N3O2. The molecule has 0 radical (unpaired) electrons. The Balaban J connectivity index is 1.85. The first kappa shape index (κ1) is 25.4. The van der Waals surface area contributed by atoms with Crippen molar-refractivity contribution in [3.63, 3.8) is 0 Å². The second-order valence-electron chi connectivity index (χ2n) is 10.1. The Hall–Kier alpha value is -4.27. The van der Waals surface area contributed by atoms with Crippen LogP contribution in [0.1, 0.15) is 55.6 Å². The molecule has 0 fully saturated rings. The highest BCUT2D eigenvalue weighted by molar-refractivity contribution is 5.96. The fourth-order valence-corrected chi connectivity index (χ4v) is 5.03. The largest absolute Gasteiger partial charge is 0.489 e. The van der Waals surface area contributed by atoms with E-state index >= 15 is 0 Å². The smallest absolute Gasteiger partial charge is 0.141 e. The number of pyridine rings is 1. The molecule has 3 aromatic carbocycles. The summed E-state index contributed by atoms with van der Waals surface area (Å²) in [6.45, 7) is 8.54. The molecule has 190 valence electrons. The second-order valence-corrected chi connectivity index (χ2v) is 10.1. The summed E-state index contributed by atoms with van der Waals surface area (Å²) >= 11 is 0. The number of benzene rings is 3. The monoisotopic (exact) mass is 501 g/mol. The zero-order valence-corrected chi connectivity index (χ0v) is 22.2. The number of fused-ring (bicyclic) bond motifs is 6. The number of hydrogen-bond acceptors (Lipinski definition) is 5. The van der Waals surface area contributed by atoms with Crippen LogP contribution < -0.4 is 4.74 Å². The third-order valence-corrected chi connectivity index (χ3v) is 7.11. The van der Waals surface area contributed by atoms with E-state index in [0.717, 1.165) is 39.8 Å². The maximum atomic E-state index is 12.6. The Bertz CT molecular complexity index is 1630. The highest BCUT2D eigenvalue weighted by Crippen LogP contribution is 2.41. The molecule has 2 heterocycles. The van der Waals surface area contributed by atoms with Gasteiger partial charge in [-0.05, 0) is 94.6 Å². The lowest BCUT2D eigenvalue weighted by atomic mass is 9.79. The van der Waals surface area contributed by atoms with Crippen molar-refractivity contribution in [3.8, 4) is 22.9 Å². The van der Waals surface area contributed by atoms with Gasteiger partial charge >= 0.3 is 0 Å². The fourth-order valence-electron chi connectivity index (χ4n) is 5.03. The molecule has 0 amide bonds. The van der Waals surface area contributed by atoms with Gasteiger partial charge in [0, 0.05) is 17.8 Å². The van der Waals surface area contributed by atoms with Gasteiger partial charge in [-0.1, -0.05) is 51.1 Å². The molecule has 1 N–H and O–H groups in total. The average molecular weight is 502 g/mol. The van der Waals surface area contributed by atoms with Gasteiger partial charge < -0.3 is 9.84 Å². The number of aromatic nitrogens is 1. The van der Waals surface area contributed by atoms with Gasteiger partial charge in [0.25, 0.3) is 0 Å². The van der Waals surface area contributed by atoms with Gasteiger partial charge in [0.1, 0.15) is 29.7 Å². The van der Waals surface area contributed by atoms with Crippen LogP contribution >= 0.6 is 0 Å². The molecular weight excluding hydrogens is 470 g/mol. The Kier molecular flexibility index (Phi) is 6.84. The Morgan fingerprint density at radius 2 is 1.92 bits per heavy atom. The first-order chi connectivity index (χ1) is 18.3. The number of rotatable bonds is 4. The number of aliphatic hydroxyl groups is 1. The van der Waals surface area contributed by atoms with Gasteiger partial charge in [-0.3, -0.25) is 4.99 Å². The van der Waals surface area contributed by atoms with Crippen LogP contribution in [0.15, 0.2) is 83.5 Å². The summed E-state index contributed by atoms with van der Waals surface area (Å²) in [6, 6.07) is 23.8. The van der Waals surface area contributed by atoms with Crippen molar-refractivity contribution < 1.29 is 9.84 Å². The first-order valence-corrected chi connectivity index (χ1v) is 13.0. The lowest BCUT2D eigenvalue weighted by Crippen LogP contribution is -2.29. The zero-order valence-electron chi connectivity index (χ0n) is 22.2. The van der Waals surface area contributed by atoms with E-state index in [1.807, 2.05) is 67.7 Å². The molecule has 5 nitrogen and oxygen atoms in total. The van der Waals surface area contributed by atoms with E-state index < -0.39 is 5.60 Å². The molecule has 0 saturated heterocycles. The normalized spacial score (nSPS) is 17.1. The number of nitriles is 1. The van der Waals surface area contributed by atoms with E-state index in [4.69, 9.17) is 4.74 Å². The molecule has 0 spiro atoms. The predicted molar refractivity (Wildman–Crippen MR) is 152 cm³/mol. The summed E-state index contributed by atoms with van der Waals surface area (Å²) in [5.74, 6) is 1.03. The molecule has 1 aliphatic heterocycles. The second kappa shape index (κ2) is 10.2. The maximum Gasteiger partial charge on any atom is 0.141 e. The quantitative estimate of drug-likeness (QED) is 0.303. The number of aliphatic imine (C=N–C) groups is 1. The molecule has 0 saturated carbocycles. The van der Waals surface area contributed by atoms with Gasteiger partial charge in [-0.2, -0.15) is 5.26 Å². The van der Waals surface area contributed by atoms with Crippen LogP contribution in [0.2, 0.25) is 0 Å². The number of nitrogens with zero attached hydrogens (tertiary/aromatic N) is 3. The average Bonchev–Trinajstić information content (AvgIpc) is 2.94. The van der Waals surface area contributed by atoms with Crippen molar-refractivity contribution in [2.24, 2.45) is 10.9 Å². The molecule has 38 heavy (non-hydrogen) atoms. The maximum absolute atomic E-state index is 12.6. The van der Waals surface area contributed by atoms with Crippen LogP contribution in [0, 0.1) is 17.2 Å². The molecule has 6 bridgehead atoms. The van der Waals surface area contributed by atoms with Crippen LogP contribution in [-0.4, -0.2) is 16.3 Å². The van der Waals surface area contributed by atoms with Gasteiger partial charge in [0.2, 0.25) is 0 Å². The number of aryl methyl sites for hydroxylation is 1. The van der Waals surface area contributed by atoms with Crippen molar-refractivity contribution in [3.05, 3.63) is 106 Å². The highest BCUT2D eigenvalue weighted by Gasteiger charge is 2.35. The van der Waals surface area contributed by atoms with Crippen LogP contribution in [-0.2, 0) is 18.6 Å². The summed E-state index contributed by atoms with van der Waals surface area (Å²) in [5.41, 5.74) is 5.71. The Labute approximate surface area is 223 Å². The van der Waals surface area contributed by atoms with Crippen molar-refractivity contribution in [1.29, 1.82) is 5.26 Å². The van der Waals surface area contributed by atoms with Crippen LogP contribution in [0.5, 0.6) is 5.75 Å². The Morgan fingerprint density at radius 3 is 2.68 bits per heavy atom. The summed E-state index contributed by atoms with van der Waals surface area (Å²) in [7, 11) is 0. The van der Waals surface area contributed by atoms with E-state index in [-0.39, 0.29) is 0 Å². The molecule has 4 aromatic rings. The summed E-state index contributed by atoms with van der Waals surface area (Å²) in [5, 5.41) is 23.1. The SMILES string of the molecule is CCc1ccc2cc1COc1cccc(c1)-c1cc(C#N)nc3ccc(cc13)C2(O)/C(C)=C/N=CC(C)C. The van der Waals surface area contributed by atoms with Crippen LogP contribution in [0.25, 0.3) is 22.0 Å². The van der Waals surface area contributed by atoms with E-state index in [2.05, 4.69) is 42.9 Å². The zero-order chi connectivity index (χ0) is 26.9. The lowest BCUT2D eigenvalue weighted by molar-refractivity contribution is 0.120. The third kappa shape index (κ3) is 4.60. The van der Waals surface area contributed by atoms with Crippen LogP contribution in [0.3, 0.4) is 0 Å². The van der Waals surface area contributed by atoms with E-state index in [1.54, 1.807) is 12.3 Å². The molecule has 1 aliphatic rings. The standard InChI is InChI=1S/C33H31N3O2/c1-5-23-9-10-26-13-25(23)20-38-29-8-6-7-24(14-29)30-16-28(17-34)36-32-12-11-27(15-31(30)32)33(26,37)22(4)19-35-18-21(2)3/h6-16,18-19,21,37H,5,20H2,1-4H3/b22-19+,35-18?. The van der Waals surface area contributed by atoms with Gasteiger partial charge in [-0.15, -0.1) is 0 Å². The van der Waals surface area contributed by atoms with Crippen molar-refractivity contribution in [2.75, 3.05) is 0 Å². The van der Waals surface area contributed by atoms with Gasteiger partial charge in [-0.25, -0.2) is 4.98 Å². The molecule has 0 aliphatic carbocycles. The minimum atomic E-state index is -1.44. The summed E-state index contributed by atoms with van der Waals surface area (Å²) < 4.78 is 6.27. The van der Waals surface area contributed by atoms with Crippen molar-refractivity contribution >= 4 is 17.1 Å². The molecule has 5 heteroatoms. The topological polar surface area (TPSA) is 78.5 Å². The fraction of sp³-hybridized carbons (Fsp3) is 0.242. The van der Waals surface area contributed by atoms with Crippen LogP contribution in [0.4, 0.5) is 0 Å². The number of ether oxygens (including phenoxy) is 1.